The maximum absolute atomic E-state index is 12.5. The van der Waals surface area contributed by atoms with Gasteiger partial charge >= 0.3 is 5.97 Å². The Labute approximate surface area is 175 Å². The summed E-state index contributed by atoms with van der Waals surface area (Å²) in [4.78, 5) is 16.0. The number of aryl methyl sites for hydroxylation is 1. The van der Waals surface area contributed by atoms with Crippen LogP contribution in [0.3, 0.4) is 0 Å². The van der Waals surface area contributed by atoms with Crippen LogP contribution in [0.15, 0.2) is 0 Å². The van der Waals surface area contributed by atoms with Gasteiger partial charge < -0.3 is 24.4 Å². The molecule has 0 saturated carbocycles. The van der Waals surface area contributed by atoms with Crippen LogP contribution in [0.25, 0.3) is 0 Å². The van der Waals surface area contributed by atoms with Crippen LogP contribution in [0.1, 0.15) is 59.3 Å². The molecule has 2 aliphatic heterocycles. The summed E-state index contributed by atoms with van der Waals surface area (Å²) in [5.74, 6) is -0.685. The van der Waals surface area contributed by atoms with Gasteiger partial charge in [0.1, 0.15) is 5.00 Å². The van der Waals surface area contributed by atoms with Gasteiger partial charge in [-0.15, -0.1) is 11.3 Å². The number of hydrogen-bond acceptors (Lipinski definition) is 6. The molecule has 8 heteroatoms. The van der Waals surface area contributed by atoms with Crippen LogP contribution >= 0.6 is 23.6 Å². The first-order valence-electron chi connectivity index (χ1n) is 10.2. The Balaban J connectivity index is 1.49. The maximum Gasteiger partial charge on any atom is 0.341 e. The van der Waals surface area contributed by atoms with Crippen molar-refractivity contribution in [3.63, 3.8) is 0 Å². The van der Waals surface area contributed by atoms with E-state index in [1.54, 1.807) is 11.3 Å². The molecule has 0 unspecified atom stereocenters. The third kappa shape index (κ3) is 4.06. The van der Waals surface area contributed by atoms with Crippen molar-refractivity contribution in [1.82, 2.24) is 4.90 Å². The van der Waals surface area contributed by atoms with Gasteiger partial charge in [-0.05, 0) is 43.5 Å². The van der Waals surface area contributed by atoms with Gasteiger partial charge in [-0.3, -0.25) is 0 Å². The normalized spacial score (nSPS) is 21.7. The van der Waals surface area contributed by atoms with Crippen molar-refractivity contribution >= 4 is 39.6 Å². The Morgan fingerprint density at radius 2 is 1.82 bits per heavy atom. The van der Waals surface area contributed by atoms with Crippen LogP contribution in [-0.2, 0) is 27.1 Å². The van der Waals surface area contributed by atoms with Crippen molar-refractivity contribution in [2.24, 2.45) is 0 Å². The lowest BCUT2D eigenvalue weighted by molar-refractivity contribution is -0.180. The molecule has 4 rings (SSSR count). The van der Waals surface area contributed by atoms with E-state index in [2.05, 4.69) is 10.2 Å². The number of anilines is 1. The van der Waals surface area contributed by atoms with E-state index >= 15 is 0 Å². The molecule has 0 radical (unpaired) electrons. The van der Waals surface area contributed by atoms with E-state index in [0.29, 0.717) is 23.9 Å². The van der Waals surface area contributed by atoms with E-state index in [1.807, 2.05) is 0 Å². The maximum atomic E-state index is 12.5. The topological polar surface area (TPSA) is 60.0 Å². The molecule has 1 N–H and O–H groups in total. The van der Waals surface area contributed by atoms with Gasteiger partial charge in [-0.25, -0.2) is 4.79 Å². The van der Waals surface area contributed by atoms with Crippen LogP contribution in [0.4, 0.5) is 5.00 Å². The van der Waals surface area contributed by atoms with Gasteiger partial charge in [0, 0.05) is 30.8 Å². The Bertz CT molecular complexity index is 733. The SMILES string of the molecule is COC(=O)c1c(NC(=S)N2CCC3(CC2)OCCO3)sc2c1CCCCCC2. The standard InChI is InChI=1S/C20H28N2O4S2/c1-24-18(23)16-14-6-4-2-3-5-7-15(14)28-17(16)21-19(27)22-10-8-20(9-11-22)25-12-13-26-20/h2-13H2,1H3,(H,21,27). The predicted molar refractivity (Wildman–Crippen MR) is 113 cm³/mol. The average molecular weight is 425 g/mol. The summed E-state index contributed by atoms with van der Waals surface area (Å²) in [6, 6.07) is 0. The average Bonchev–Trinajstić information content (AvgIpc) is 3.26. The quantitative estimate of drug-likeness (QED) is 0.573. The minimum absolute atomic E-state index is 0.270. The fourth-order valence-corrected chi connectivity index (χ4v) is 5.96. The number of carbonyl (C=O) groups excluding carboxylic acids is 1. The number of rotatable bonds is 2. The van der Waals surface area contributed by atoms with Gasteiger partial charge in [-0.2, -0.15) is 0 Å². The molecule has 1 spiro atoms. The predicted octanol–water partition coefficient (Wildman–Crippen LogP) is 3.73. The summed E-state index contributed by atoms with van der Waals surface area (Å²) in [5, 5.41) is 4.86. The highest BCUT2D eigenvalue weighted by atomic mass is 32.1. The second-order valence-electron chi connectivity index (χ2n) is 7.64. The van der Waals surface area contributed by atoms with E-state index < -0.39 is 5.79 Å². The minimum atomic E-state index is -0.415. The Morgan fingerprint density at radius 1 is 1.14 bits per heavy atom. The highest BCUT2D eigenvalue weighted by Crippen LogP contribution is 2.38. The summed E-state index contributed by atoms with van der Waals surface area (Å²) in [6.07, 6.45) is 8.34. The summed E-state index contributed by atoms with van der Waals surface area (Å²) >= 11 is 7.35. The Hall–Kier alpha value is -1.22. The van der Waals surface area contributed by atoms with E-state index in [4.69, 9.17) is 26.4 Å². The third-order valence-corrected chi connectivity index (χ3v) is 7.47. The van der Waals surface area contributed by atoms with Gasteiger partial charge in [0.15, 0.2) is 10.9 Å². The summed E-state index contributed by atoms with van der Waals surface area (Å²) in [7, 11) is 1.45. The van der Waals surface area contributed by atoms with Crippen LogP contribution in [0, 0.1) is 0 Å². The molecule has 0 amide bonds. The van der Waals surface area contributed by atoms with Crippen molar-refractivity contribution in [3.8, 4) is 0 Å². The van der Waals surface area contributed by atoms with Gasteiger partial charge in [0.2, 0.25) is 0 Å². The van der Waals surface area contributed by atoms with Crippen LogP contribution in [0.2, 0.25) is 0 Å². The molecule has 3 aliphatic rings. The molecule has 154 valence electrons. The molecule has 0 aromatic carbocycles. The lowest BCUT2D eigenvalue weighted by Gasteiger charge is -2.38. The lowest BCUT2D eigenvalue weighted by atomic mass is 9.96. The molecule has 3 heterocycles. The zero-order valence-corrected chi connectivity index (χ0v) is 18.0. The highest BCUT2D eigenvalue weighted by molar-refractivity contribution is 7.80. The largest absolute Gasteiger partial charge is 0.465 e. The van der Waals surface area contributed by atoms with Crippen molar-refractivity contribution in [3.05, 3.63) is 16.0 Å². The number of nitrogens with one attached hydrogen (secondary N) is 1. The summed E-state index contributed by atoms with van der Waals surface area (Å²) in [6.45, 7) is 2.91. The number of fused-ring (bicyclic) bond motifs is 1. The molecule has 1 aromatic rings. The number of piperidine rings is 1. The molecule has 0 bridgehead atoms. The number of hydrogen-bond donors (Lipinski definition) is 1. The zero-order chi connectivity index (χ0) is 19.6. The molecule has 2 saturated heterocycles. The Kier molecular flexibility index (Phi) is 6.20. The molecular weight excluding hydrogens is 396 g/mol. The van der Waals surface area contributed by atoms with Crippen molar-refractivity contribution in [2.45, 2.75) is 57.2 Å². The molecule has 0 atom stereocenters. The van der Waals surface area contributed by atoms with Crippen LogP contribution < -0.4 is 5.32 Å². The number of thiocarbonyl (C=S) groups is 1. The first-order valence-corrected chi connectivity index (χ1v) is 11.4. The molecular formula is C20H28N2O4S2. The summed E-state index contributed by atoms with van der Waals surface area (Å²) in [5.41, 5.74) is 1.84. The molecule has 6 nitrogen and oxygen atoms in total. The first kappa shape index (κ1) is 20.1. The number of esters is 1. The summed E-state index contributed by atoms with van der Waals surface area (Å²) < 4.78 is 16.7. The third-order valence-electron chi connectivity index (χ3n) is 5.91. The van der Waals surface area contributed by atoms with Gasteiger partial charge in [-0.1, -0.05) is 12.8 Å². The molecule has 1 aromatic heterocycles. The second kappa shape index (κ2) is 8.65. The van der Waals surface area contributed by atoms with Gasteiger partial charge in [0.25, 0.3) is 0 Å². The first-order chi connectivity index (χ1) is 13.6. The van der Waals surface area contributed by atoms with Crippen LogP contribution in [0.5, 0.6) is 0 Å². The van der Waals surface area contributed by atoms with E-state index in [0.717, 1.165) is 55.8 Å². The fourth-order valence-electron chi connectivity index (χ4n) is 4.34. The molecule has 28 heavy (non-hydrogen) atoms. The number of thiophene rings is 1. The number of likely N-dealkylation sites (tertiary alicyclic amines) is 1. The smallest absolute Gasteiger partial charge is 0.341 e. The van der Waals surface area contributed by atoms with Crippen molar-refractivity contribution < 1.29 is 19.0 Å². The van der Waals surface area contributed by atoms with Gasteiger partial charge in [0.05, 0.1) is 25.9 Å². The fraction of sp³-hybridized carbons (Fsp3) is 0.700. The monoisotopic (exact) mass is 424 g/mol. The molecule has 1 aliphatic carbocycles. The van der Waals surface area contributed by atoms with Crippen molar-refractivity contribution in [1.29, 1.82) is 0 Å². The van der Waals surface area contributed by atoms with Crippen LogP contribution in [-0.4, -0.2) is 55.2 Å². The molecule has 2 fully saturated rings. The van der Waals surface area contributed by atoms with E-state index in [9.17, 15) is 4.79 Å². The second-order valence-corrected chi connectivity index (χ2v) is 9.13. The highest BCUT2D eigenvalue weighted by Gasteiger charge is 2.40. The van der Waals surface area contributed by atoms with E-state index in [-0.39, 0.29) is 5.97 Å². The number of carbonyl (C=O) groups is 1. The van der Waals surface area contributed by atoms with E-state index in [1.165, 1.54) is 31.2 Å². The Morgan fingerprint density at radius 3 is 2.50 bits per heavy atom. The zero-order valence-electron chi connectivity index (χ0n) is 16.4. The number of methoxy groups -OCH3 is 1. The number of nitrogens with zero attached hydrogens (tertiary/aromatic N) is 1. The lowest BCUT2D eigenvalue weighted by Crippen LogP contribution is -2.48. The number of ether oxygens (including phenoxy) is 3. The van der Waals surface area contributed by atoms with Crippen molar-refractivity contribution in [2.75, 3.05) is 38.7 Å². The minimum Gasteiger partial charge on any atom is -0.465 e.